The van der Waals surface area contributed by atoms with Crippen LogP contribution in [0, 0.1) is 0 Å². The van der Waals surface area contributed by atoms with E-state index < -0.39 is 12.0 Å². The lowest BCUT2D eigenvalue weighted by Gasteiger charge is -2.27. The van der Waals surface area contributed by atoms with Crippen LogP contribution in [-0.2, 0) is 10.2 Å². The Bertz CT molecular complexity index is 1130. The summed E-state index contributed by atoms with van der Waals surface area (Å²) in [6, 6.07) is 11.3. The number of carbonyl (C=O) groups is 2. The topological polar surface area (TPSA) is 99.5 Å². The van der Waals surface area contributed by atoms with Gasteiger partial charge in [0.15, 0.2) is 0 Å². The van der Waals surface area contributed by atoms with Crippen LogP contribution in [0.4, 0.5) is 0 Å². The highest BCUT2D eigenvalue weighted by Crippen LogP contribution is 2.40. The van der Waals surface area contributed by atoms with Crippen molar-refractivity contribution in [1.82, 2.24) is 10.3 Å². The van der Waals surface area contributed by atoms with Gasteiger partial charge in [-0.05, 0) is 47.2 Å². The Labute approximate surface area is 182 Å². The molecule has 0 aliphatic heterocycles. The largest absolute Gasteiger partial charge is 0.505 e. The fraction of sp³-hybridized carbons (Fsp3) is 0.320. The number of nitrogens with one attached hydrogen (secondary N) is 1. The zero-order valence-corrected chi connectivity index (χ0v) is 18.3. The molecule has 0 radical (unpaired) electrons. The first-order valence-electron chi connectivity index (χ1n) is 10.4. The smallest absolute Gasteiger partial charge is 0.335 e. The van der Waals surface area contributed by atoms with Gasteiger partial charge in [0.2, 0.25) is 5.91 Å². The van der Waals surface area contributed by atoms with E-state index in [0.717, 1.165) is 10.9 Å². The van der Waals surface area contributed by atoms with Crippen molar-refractivity contribution < 1.29 is 19.8 Å². The summed E-state index contributed by atoms with van der Waals surface area (Å²) in [6.45, 7) is 8.14. The third-order valence-corrected chi connectivity index (χ3v) is 5.26. The Balaban J connectivity index is 2.28. The van der Waals surface area contributed by atoms with Gasteiger partial charge in [0, 0.05) is 23.6 Å². The number of benzene rings is 2. The van der Waals surface area contributed by atoms with Crippen molar-refractivity contribution in [1.29, 1.82) is 0 Å². The average Bonchev–Trinajstić information content (AvgIpc) is 2.72. The van der Waals surface area contributed by atoms with Gasteiger partial charge in [-0.15, -0.1) is 0 Å². The van der Waals surface area contributed by atoms with E-state index in [-0.39, 0.29) is 22.6 Å². The predicted octanol–water partition coefficient (Wildman–Crippen LogP) is 4.94. The van der Waals surface area contributed by atoms with Gasteiger partial charge < -0.3 is 15.5 Å². The zero-order chi connectivity index (χ0) is 22.8. The van der Waals surface area contributed by atoms with Crippen LogP contribution >= 0.6 is 0 Å². The lowest BCUT2D eigenvalue weighted by molar-refractivity contribution is -0.121. The van der Waals surface area contributed by atoms with Crippen molar-refractivity contribution in [3.05, 3.63) is 70.9 Å². The number of hydrogen-bond donors (Lipinski definition) is 3. The van der Waals surface area contributed by atoms with E-state index in [1.165, 1.54) is 12.1 Å². The van der Waals surface area contributed by atoms with Crippen LogP contribution < -0.4 is 5.32 Å². The minimum Gasteiger partial charge on any atom is -0.505 e. The van der Waals surface area contributed by atoms with Crippen LogP contribution in [-0.4, -0.2) is 27.1 Å². The first-order valence-corrected chi connectivity index (χ1v) is 10.4. The molecule has 0 fully saturated rings. The summed E-state index contributed by atoms with van der Waals surface area (Å²) in [7, 11) is 0. The number of fused-ring (bicyclic) bond motifs is 1. The Hall–Kier alpha value is -3.41. The van der Waals surface area contributed by atoms with Gasteiger partial charge >= 0.3 is 5.97 Å². The van der Waals surface area contributed by atoms with Gasteiger partial charge in [-0.2, -0.15) is 0 Å². The number of carboxylic acid groups (broad SMARTS) is 1. The van der Waals surface area contributed by atoms with E-state index in [2.05, 4.69) is 31.1 Å². The molecular formula is C25H28N2O4. The normalized spacial score (nSPS) is 12.5. The molecule has 3 N–H and O–H groups in total. The van der Waals surface area contributed by atoms with Gasteiger partial charge in [-0.25, -0.2) is 4.79 Å². The summed E-state index contributed by atoms with van der Waals surface area (Å²) in [4.78, 5) is 28.5. The molecule has 2 aromatic carbocycles. The fourth-order valence-corrected chi connectivity index (χ4v) is 3.74. The summed E-state index contributed by atoms with van der Waals surface area (Å²) < 4.78 is 0. The van der Waals surface area contributed by atoms with Gasteiger partial charge in [0.05, 0.1) is 11.6 Å². The van der Waals surface area contributed by atoms with E-state index >= 15 is 0 Å². The summed E-state index contributed by atoms with van der Waals surface area (Å²) in [5.74, 6) is -1.25. The maximum absolute atomic E-state index is 12.6. The van der Waals surface area contributed by atoms with Crippen LogP contribution in [0.15, 0.2) is 48.7 Å². The molecule has 162 valence electrons. The number of aromatic nitrogens is 1. The number of aromatic hydroxyl groups is 1. The summed E-state index contributed by atoms with van der Waals surface area (Å²) in [6.07, 6.45) is 2.62. The number of nitrogens with zero attached hydrogens (tertiary/aromatic N) is 1. The summed E-state index contributed by atoms with van der Waals surface area (Å²) in [5, 5.41) is 24.4. The molecule has 1 amide bonds. The molecule has 0 saturated carbocycles. The third-order valence-electron chi connectivity index (χ3n) is 5.26. The minimum absolute atomic E-state index is 0.0221. The molecule has 1 unspecified atom stereocenters. The maximum Gasteiger partial charge on any atom is 0.335 e. The van der Waals surface area contributed by atoms with Crippen LogP contribution in [0.25, 0.3) is 10.9 Å². The first kappa shape index (κ1) is 22.3. The quantitative estimate of drug-likeness (QED) is 0.524. The molecule has 0 spiro atoms. The second kappa shape index (κ2) is 8.76. The summed E-state index contributed by atoms with van der Waals surface area (Å²) in [5.41, 5.74) is 2.37. The predicted molar refractivity (Wildman–Crippen MR) is 120 cm³/mol. The molecule has 1 atom stereocenters. The lowest BCUT2D eigenvalue weighted by atomic mass is 9.81. The third kappa shape index (κ3) is 4.68. The number of phenols is 1. The summed E-state index contributed by atoms with van der Waals surface area (Å²) >= 11 is 0. The van der Waals surface area contributed by atoms with Gasteiger partial charge in [-0.3, -0.25) is 9.78 Å². The number of rotatable bonds is 6. The number of phenolic OH excluding ortho intramolecular Hbond substituents is 1. The van der Waals surface area contributed by atoms with Crippen molar-refractivity contribution in [2.45, 2.75) is 52.0 Å². The average molecular weight is 421 g/mol. The highest BCUT2D eigenvalue weighted by Gasteiger charge is 2.27. The van der Waals surface area contributed by atoms with Gasteiger partial charge in [0.25, 0.3) is 0 Å². The molecule has 3 rings (SSSR count). The highest BCUT2D eigenvalue weighted by atomic mass is 16.4. The monoisotopic (exact) mass is 420 g/mol. The lowest BCUT2D eigenvalue weighted by Crippen LogP contribution is -2.29. The van der Waals surface area contributed by atoms with Crippen molar-refractivity contribution >= 4 is 22.8 Å². The van der Waals surface area contributed by atoms with Crippen LogP contribution in [0.2, 0.25) is 0 Å². The number of aromatic carboxylic acids is 1. The van der Waals surface area contributed by atoms with E-state index in [4.69, 9.17) is 0 Å². The number of carboxylic acids is 1. The van der Waals surface area contributed by atoms with Crippen molar-refractivity contribution in [2.75, 3.05) is 0 Å². The molecule has 6 nitrogen and oxygen atoms in total. The Kier molecular flexibility index (Phi) is 6.29. The van der Waals surface area contributed by atoms with Crippen molar-refractivity contribution in [2.24, 2.45) is 0 Å². The number of hydrogen-bond acceptors (Lipinski definition) is 4. The molecule has 0 saturated heterocycles. The van der Waals surface area contributed by atoms with Crippen LogP contribution in [0.3, 0.4) is 0 Å². The van der Waals surface area contributed by atoms with E-state index in [1.807, 2.05) is 25.1 Å². The number of amides is 1. The molecular weight excluding hydrogens is 392 g/mol. The maximum atomic E-state index is 12.6. The standard InChI is InChI=1S/C25H28N2O4/c1-5-8-20(28)27-21(15-9-6-10-16(13-15)24(30)31)18-14-19(25(2,3)4)17-11-7-12-26-22(17)23(18)29/h6-7,9-14,21,29H,5,8H2,1-4H3,(H,27,28)(H,30,31). The van der Waals surface area contributed by atoms with Crippen molar-refractivity contribution in [3.8, 4) is 5.75 Å². The second-order valence-electron chi connectivity index (χ2n) is 8.69. The van der Waals surface area contributed by atoms with Gasteiger partial charge in [-0.1, -0.05) is 45.9 Å². The minimum atomic E-state index is -1.06. The number of carbonyl (C=O) groups excluding carboxylic acids is 1. The molecule has 1 heterocycles. The van der Waals surface area contributed by atoms with Gasteiger partial charge in [0.1, 0.15) is 11.3 Å². The zero-order valence-electron chi connectivity index (χ0n) is 18.3. The molecule has 0 aliphatic carbocycles. The SMILES string of the molecule is CCCC(=O)NC(c1cccc(C(=O)O)c1)c1cc(C(C)(C)C)c2cccnc2c1O. The molecule has 6 heteroatoms. The number of pyridine rings is 1. The van der Waals surface area contributed by atoms with Crippen LogP contribution in [0.5, 0.6) is 5.75 Å². The molecule has 0 aliphatic rings. The Morgan fingerprint density at radius 2 is 1.87 bits per heavy atom. The molecule has 1 aromatic heterocycles. The van der Waals surface area contributed by atoms with E-state index in [9.17, 15) is 19.8 Å². The highest BCUT2D eigenvalue weighted by molar-refractivity contribution is 5.91. The second-order valence-corrected chi connectivity index (χ2v) is 8.69. The Morgan fingerprint density at radius 3 is 2.52 bits per heavy atom. The van der Waals surface area contributed by atoms with E-state index in [1.54, 1.807) is 18.3 Å². The molecule has 3 aromatic rings. The Morgan fingerprint density at radius 1 is 1.13 bits per heavy atom. The first-order chi connectivity index (χ1) is 14.6. The molecule has 0 bridgehead atoms. The molecule has 31 heavy (non-hydrogen) atoms. The fourth-order valence-electron chi connectivity index (χ4n) is 3.74. The van der Waals surface area contributed by atoms with E-state index in [0.29, 0.717) is 29.5 Å². The van der Waals surface area contributed by atoms with Crippen molar-refractivity contribution in [3.63, 3.8) is 0 Å². The van der Waals surface area contributed by atoms with Crippen LogP contribution in [0.1, 0.15) is 73.6 Å².